The number of nitrogens with zero attached hydrogens (tertiary/aromatic N) is 1. The molecule has 0 aromatic heterocycles. The van der Waals surface area contributed by atoms with Gasteiger partial charge in [0.2, 0.25) is 11.8 Å². The summed E-state index contributed by atoms with van der Waals surface area (Å²) in [4.78, 5) is 29.2. The van der Waals surface area contributed by atoms with Crippen molar-refractivity contribution in [1.82, 2.24) is 10.2 Å². The zero-order valence-electron chi connectivity index (χ0n) is 16.0. The van der Waals surface area contributed by atoms with E-state index < -0.39 is 10.8 Å². The predicted octanol–water partition coefficient (Wildman–Crippen LogP) is 2.78. The number of amides is 2. The molecule has 2 aromatic rings. The van der Waals surface area contributed by atoms with Gasteiger partial charge in [-0.25, -0.2) is 0 Å². The quantitative estimate of drug-likeness (QED) is 0.911. The van der Waals surface area contributed by atoms with E-state index in [1.54, 1.807) is 7.05 Å². The number of carbonyl (C=O) groups is 2. The Kier molecular flexibility index (Phi) is 3.20. The van der Waals surface area contributed by atoms with Crippen molar-refractivity contribution in [2.24, 2.45) is 5.41 Å². The lowest BCUT2D eigenvalue weighted by Gasteiger charge is -2.28. The van der Waals surface area contributed by atoms with Gasteiger partial charge in [-0.1, -0.05) is 48.5 Å². The number of hydrogen-bond donors (Lipinski definition) is 1. The van der Waals surface area contributed by atoms with E-state index in [1.807, 2.05) is 43.0 Å². The molecule has 1 N–H and O–H groups in total. The summed E-state index contributed by atoms with van der Waals surface area (Å²) < 4.78 is 0. The fourth-order valence-electron chi connectivity index (χ4n) is 6.37. The summed E-state index contributed by atoms with van der Waals surface area (Å²) in [6, 6.07) is 16.5. The predicted molar refractivity (Wildman–Crippen MR) is 104 cm³/mol. The molecule has 3 aliphatic rings. The van der Waals surface area contributed by atoms with Crippen molar-refractivity contribution in [3.63, 3.8) is 0 Å². The van der Waals surface area contributed by atoms with Gasteiger partial charge in [0.05, 0.1) is 10.8 Å². The molecule has 4 nitrogen and oxygen atoms in total. The topological polar surface area (TPSA) is 49.4 Å². The molecule has 1 saturated carbocycles. The van der Waals surface area contributed by atoms with Gasteiger partial charge in [-0.2, -0.15) is 0 Å². The van der Waals surface area contributed by atoms with Crippen LogP contribution in [0.5, 0.6) is 0 Å². The third-order valence-corrected chi connectivity index (χ3v) is 7.22. The van der Waals surface area contributed by atoms with Gasteiger partial charge in [0.1, 0.15) is 0 Å². The molecule has 2 amide bonds. The first-order valence-electron chi connectivity index (χ1n) is 9.82. The Labute approximate surface area is 159 Å². The Bertz CT molecular complexity index is 980. The fraction of sp³-hybridized carbons (Fsp3) is 0.391. The zero-order chi connectivity index (χ0) is 19.0. The average molecular weight is 360 g/mol. The second kappa shape index (κ2) is 5.22. The molecule has 4 atom stereocenters. The van der Waals surface area contributed by atoms with Crippen LogP contribution in [-0.4, -0.2) is 36.9 Å². The number of fused-ring (bicyclic) bond motifs is 7. The lowest BCUT2D eigenvalue weighted by molar-refractivity contribution is -0.138. The Hall–Kier alpha value is -2.62. The van der Waals surface area contributed by atoms with E-state index in [1.165, 1.54) is 11.1 Å². The molecule has 138 valence electrons. The SMILES string of the molecule is CCN(CC)C(=O)[C@]12c3ccccc3[C@@H]3c4ccccc4[C@H]1[C@@]32C(=O)NC. The summed E-state index contributed by atoms with van der Waals surface area (Å²) in [7, 11) is 1.69. The maximum absolute atomic E-state index is 13.9. The standard InChI is InChI=1S/C23H24N2O2/c1-4-25(5-2)21(27)22-17-13-9-8-12-16(17)18-14-10-6-7-11-15(14)19(22)23(18,22)20(26)24-3/h6-13,18-19H,4-5H2,1-3H3,(H,24,26)/t18-,19+,22-,23+/m0/s1. The average Bonchev–Trinajstić information content (AvgIpc) is 3.14. The third-order valence-electron chi connectivity index (χ3n) is 7.22. The molecule has 4 heteroatoms. The van der Waals surface area contributed by atoms with E-state index in [4.69, 9.17) is 0 Å². The molecule has 0 spiro atoms. The van der Waals surface area contributed by atoms with Crippen molar-refractivity contribution in [2.45, 2.75) is 31.1 Å². The molecular formula is C23H24N2O2. The van der Waals surface area contributed by atoms with Crippen LogP contribution in [0.15, 0.2) is 48.5 Å². The number of likely N-dealkylation sites (N-methyl/N-ethyl adjacent to an activating group) is 1. The minimum Gasteiger partial charge on any atom is -0.359 e. The highest BCUT2D eigenvalue weighted by atomic mass is 16.2. The Morgan fingerprint density at radius 1 is 0.963 bits per heavy atom. The van der Waals surface area contributed by atoms with Crippen LogP contribution in [0.1, 0.15) is 47.9 Å². The third kappa shape index (κ3) is 1.50. The number of carbonyl (C=O) groups excluding carboxylic acids is 2. The maximum Gasteiger partial charge on any atom is 0.235 e. The van der Waals surface area contributed by atoms with E-state index in [2.05, 4.69) is 29.6 Å². The summed E-state index contributed by atoms with van der Waals surface area (Å²) in [5.74, 6) is -0.0283. The van der Waals surface area contributed by atoms with Crippen LogP contribution in [0.2, 0.25) is 0 Å². The zero-order valence-corrected chi connectivity index (χ0v) is 16.0. The summed E-state index contributed by atoms with van der Waals surface area (Å²) in [5.41, 5.74) is 3.07. The van der Waals surface area contributed by atoms with Crippen LogP contribution in [-0.2, 0) is 15.0 Å². The lowest BCUT2D eigenvalue weighted by Crippen LogP contribution is -2.45. The van der Waals surface area contributed by atoms with Gasteiger partial charge in [0.25, 0.3) is 0 Å². The van der Waals surface area contributed by atoms with Crippen molar-refractivity contribution in [3.05, 3.63) is 70.8 Å². The molecule has 1 fully saturated rings. The van der Waals surface area contributed by atoms with Gasteiger partial charge >= 0.3 is 0 Å². The summed E-state index contributed by atoms with van der Waals surface area (Å²) >= 11 is 0. The highest BCUT2D eigenvalue weighted by molar-refractivity contribution is 6.11. The van der Waals surface area contributed by atoms with Gasteiger partial charge in [0, 0.05) is 32.0 Å². The largest absolute Gasteiger partial charge is 0.359 e. The van der Waals surface area contributed by atoms with E-state index in [9.17, 15) is 9.59 Å². The molecule has 27 heavy (non-hydrogen) atoms. The molecule has 0 unspecified atom stereocenters. The van der Waals surface area contributed by atoms with E-state index >= 15 is 0 Å². The number of rotatable bonds is 4. The van der Waals surface area contributed by atoms with Crippen LogP contribution in [0.3, 0.4) is 0 Å². The maximum atomic E-state index is 13.9. The summed E-state index contributed by atoms with van der Waals surface area (Å²) in [6.45, 7) is 5.33. The number of nitrogens with one attached hydrogen (secondary N) is 1. The first kappa shape index (κ1) is 16.5. The second-order valence-corrected chi connectivity index (χ2v) is 7.82. The van der Waals surface area contributed by atoms with Crippen LogP contribution >= 0.6 is 0 Å². The van der Waals surface area contributed by atoms with Gasteiger partial charge in [-0.15, -0.1) is 0 Å². The minimum absolute atomic E-state index is 0.00888. The first-order valence-corrected chi connectivity index (χ1v) is 9.82. The van der Waals surface area contributed by atoms with E-state index in [-0.39, 0.29) is 23.7 Å². The number of hydrogen-bond acceptors (Lipinski definition) is 2. The molecule has 0 bridgehead atoms. The Morgan fingerprint density at radius 2 is 1.56 bits per heavy atom. The second-order valence-electron chi connectivity index (χ2n) is 7.82. The van der Waals surface area contributed by atoms with Crippen molar-refractivity contribution >= 4 is 11.8 Å². The van der Waals surface area contributed by atoms with Crippen LogP contribution in [0, 0.1) is 5.41 Å². The molecule has 0 saturated heterocycles. The Balaban J connectivity index is 1.85. The minimum atomic E-state index is -0.769. The molecule has 0 radical (unpaired) electrons. The fourth-order valence-corrected chi connectivity index (χ4v) is 6.37. The molecule has 3 aliphatic carbocycles. The summed E-state index contributed by atoms with van der Waals surface area (Å²) in [5, 5.41) is 2.90. The van der Waals surface area contributed by atoms with Crippen LogP contribution < -0.4 is 5.32 Å². The van der Waals surface area contributed by atoms with Crippen molar-refractivity contribution < 1.29 is 9.59 Å². The van der Waals surface area contributed by atoms with Crippen molar-refractivity contribution in [3.8, 4) is 0 Å². The monoisotopic (exact) mass is 360 g/mol. The Morgan fingerprint density at radius 3 is 2.19 bits per heavy atom. The van der Waals surface area contributed by atoms with Gasteiger partial charge in [-0.3, -0.25) is 9.59 Å². The smallest absolute Gasteiger partial charge is 0.235 e. The molecule has 0 heterocycles. The van der Waals surface area contributed by atoms with Crippen molar-refractivity contribution in [2.75, 3.05) is 20.1 Å². The number of benzene rings is 2. The highest BCUT2D eigenvalue weighted by Crippen LogP contribution is 2.89. The van der Waals surface area contributed by atoms with Gasteiger partial charge in [-0.05, 0) is 36.1 Å². The summed E-state index contributed by atoms with van der Waals surface area (Å²) in [6.07, 6.45) is 0. The van der Waals surface area contributed by atoms with Crippen LogP contribution in [0.25, 0.3) is 0 Å². The van der Waals surface area contributed by atoms with Crippen LogP contribution in [0.4, 0.5) is 0 Å². The normalized spacial score (nSPS) is 30.9. The van der Waals surface area contributed by atoms with Crippen molar-refractivity contribution in [1.29, 1.82) is 0 Å². The molecular weight excluding hydrogens is 336 g/mol. The highest BCUT2D eigenvalue weighted by Gasteiger charge is 2.93. The molecule has 5 rings (SSSR count). The molecule has 0 aliphatic heterocycles. The van der Waals surface area contributed by atoms with Gasteiger partial charge in [0.15, 0.2) is 0 Å². The molecule has 2 aromatic carbocycles. The first-order chi connectivity index (χ1) is 13.1. The van der Waals surface area contributed by atoms with E-state index in [0.29, 0.717) is 13.1 Å². The van der Waals surface area contributed by atoms with Gasteiger partial charge < -0.3 is 10.2 Å². The lowest BCUT2D eigenvalue weighted by atomic mass is 9.81. The van der Waals surface area contributed by atoms with E-state index in [0.717, 1.165) is 11.1 Å².